The maximum atomic E-state index is 13.4. The second kappa shape index (κ2) is 22.0. The fourth-order valence-electron chi connectivity index (χ4n) is 5.87. The third-order valence-corrected chi connectivity index (χ3v) is 8.44. The second-order valence-corrected chi connectivity index (χ2v) is 12.4. The molecule has 3 aromatic rings. The van der Waals surface area contributed by atoms with Crippen molar-refractivity contribution in [1.29, 1.82) is 0 Å². The number of anilines is 1. The standard InChI is InChI=1S/C35H44F3N5O4.C4H4O4/c1-4-20-43(31-33(46-5-2)39-24-40-34(31)47-6-3)30(44)13-9-10-21-42-22-18-27(19-23-42)41-32(45)29-12-8-7-11-28(29)25-14-16-26(17-15-25)35(36,37)38;5-3(6)1-2-4(7)8/h7-8,11-12,14-17,24,27H,4-6,9-10,13,18-23H2,1-3H3,(H,41,45);1-2H,(H,5,6)(H,7,8)/b;2-1+. The summed E-state index contributed by atoms with van der Waals surface area (Å²) in [7, 11) is 0. The number of carboxylic acids is 2. The van der Waals surface area contributed by atoms with Crippen LogP contribution in [0, 0.1) is 0 Å². The molecule has 1 saturated heterocycles. The third-order valence-electron chi connectivity index (χ3n) is 8.44. The van der Waals surface area contributed by atoms with Crippen molar-refractivity contribution in [2.24, 2.45) is 0 Å². The van der Waals surface area contributed by atoms with Gasteiger partial charge in [0.25, 0.3) is 5.91 Å². The highest BCUT2D eigenvalue weighted by Gasteiger charge is 2.30. The average molecular weight is 772 g/mol. The minimum atomic E-state index is -4.42. The van der Waals surface area contributed by atoms with Gasteiger partial charge in [0.15, 0.2) is 5.69 Å². The number of ether oxygens (including phenoxy) is 2. The van der Waals surface area contributed by atoms with Gasteiger partial charge in [-0.1, -0.05) is 37.3 Å². The number of benzene rings is 2. The molecule has 0 unspecified atom stereocenters. The maximum Gasteiger partial charge on any atom is 0.416 e. The molecule has 3 N–H and O–H groups in total. The predicted molar refractivity (Wildman–Crippen MR) is 199 cm³/mol. The Labute approximate surface area is 318 Å². The molecular weight excluding hydrogens is 723 g/mol. The van der Waals surface area contributed by atoms with Crippen LogP contribution in [-0.2, 0) is 20.6 Å². The average Bonchev–Trinajstić information content (AvgIpc) is 3.16. The van der Waals surface area contributed by atoms with Crippen LogP contribution in [-0.4, -0.2) is 94.3 Å². The number of piperidine rings is 1. The van der Waals surface area contributed by atoms with Gasteiger partial charge in [0.2, 0.25) is 17.7 Å². The first-order valence-corrected chi connectivity index (χ1v) is 18.1. The van der Waals surface area contributed by atoms with E-state index >= 15 is 0 Å². The Kier molecular flexibility index (Phi) is 17.6. The molecule has 1 aromatic heterocycles. The molecule has 16 heteroatoms. The van der Waals surface area contributed by atoms with Crippen molar-refractivity contribution in [3.63, 3.8) is 0 Å². The van der Waals surface area contributed by atoms with E-state index in [0.717, 1.165) is 63.9 Å². The van der Waals surface area contributed by atoms with Crippen molar-refractivity contribution in [1.82, 2.24) is 20.2 Å². The third kappa shape index (κ3) is 14.0. The number of carboxylic acid groups (broad SMARTS) is 2. The van der Waals surface area contributed by atoms with Gasteiger partial charge < -0.3 is 34.8 Å². The van der Waals surface area contributed by atoms with Gasteiger partial charge in [0.1, 0.15) is 6.33 Å². The Morgan fingerprint density at radius 2 is 1.47 bits per heavy atom. The van der Waals surface area contributed by atoms with Crippen molar-refractivity contribution in [2.45, 2.75) is 71.5 Å². The van der Waals surface area contributed by atoms with E-state index in [1.807, 2.05) is 20.8 Å². The number of hydrogen-bond donors (Lipinski definition) is 3. The quantitative estimate of drug-likeness (QED) is 0.101. The van der Waals surface area contributed by atoms with Gasteiger partial charge in [-0.25, -0.2) is 9.59 Å². The van der Waals surface area contributed by atoms with E-state index in [-0.39, 0.29) is 17.9 Å². The summed E-state index contributed by atoms with van der Waals surface area (Å²) in [5.41, 5.74) is 1.33. The highest BCUT2D eigenvalue weighted by molar-refractivity contribution is 6.01. The zero-order valence-electron chi connectivity index (χ0n) is 31.2. The molecule has 0 spiro atoms. The molecule has 55 heavy (non-hydrogen) atoms. The van der Waals surface area contributed by atoms with E-state index in [0.29, 0.717) is 72.5 Å². The van der Waals surface area contributed by atoms with Crippen molar-refractivity contribution in [2.75, 3.05) is 44.3 Å². The number of likely N-dealkylation sites (tertiary alicyclic amines) is 1. The van der Waals surface area contributed by atoms with E-state index in [4.69, 9.17) is 19.7 Å². The minimum Gasteiger partial charge on any atom is -0.478 e. The van der Waals surface area contributed by atoms with Crippen LogP contribution in [0.25, 0.3) is 11.1 Å². The number of amides is 2. The Hall–Kier alpha value is -5.51. The minimum absolute atomic E-state index is 0.00393. The smallest absolute Gasteiger partial charge is 0.416 e. The molecule has 0 bridgehead atoms. The van der Waals surface area contributed by atoms with Crippen molar-refractivity contribution >= 4 is 29.4 Å². The molecular formula is C39H48F3N5O8. The molecule has 1 aliphatic heterocycles. The van der Waals surface area contributed by atoms with Crippen LogP contribution < -0.4 is 19.7 Å². The summed E-state index contributed by atoms with van der Waals surface area (Å²) in [6, 6.07) is 11.8. The lowest BCUT2D eigenvalue weighted by atomic mass is 9.97. The second-order valence-electron chi connectivity index (χ2n) is 12.4. The normalized spacial score (nSPS) is 13.4. The fraction of sp³-hybridized carbons (Fsp3) is 0.436. The Bertz CT molecular complexity index is 1710. The lowest BCUT2D eigenvalue weighted by molar-refractivity contribution is -0.137. The van der Waals surface area contributed by atoms with Crippen LogP contribution in [0.4, 0.5) is 18.9 Å². The monoisotopic (exact) mass is 771 g/mol. The molecule has 13 nitrogen and oxygen atoms in total. The zero-order chi connectivity index (χ0) is 40.4. The molecule has 4 rings (SSSR count). The van der Waals surface area contributed by atoms with Crippen LogP contribution in [0.5, 0.6) is 11.8 Å². The topological polar surface area (TPSA) is 171 Å². The van der Waals surface area contributed by atoms with Crippen molar-refractivity contribution < 1.29 is 52.0 Å². The summed E-state index contributed by atoms with van der Waals surface area (Å²) in [6.45, 7) is 9.52. The number of carbonyl (C=O) groups is 4. The molecule has 0 radical (unpaired) electrons. The van der Waals surface area contributed by atoms with E-state index < -0.39 is 23.7 Å². The SMILES string of the molecule is CCCN(C(=O)CCCCN1CCC(NC(=O)c2ccccc2-c2ccc(C(F)(F)F)cc2)CC1)c1c(OCC)ncnc1OCC.O=C(O)/C=C/C(=O)O. The Balaban J connectivity index is 0.000000912. The van der Waals surface area contributed by atoms with E-state index in [1.165, 1.54) is 18.5 Å². The van der Waals surface area contributed by atoms with Gasteiger partial charge in [-0.05, 0) is 81.8 Å². The Morgan fingerprint density at radius 1 is 0.891 bits per heavy atom. The molecule has 2 amide bonds. The fourth-order valence-corrected chi connectivity index (χ4v) is 5.87. The van der Waals surface area contributed by atoms with Gasteiger partial charge in [0, 0.05) is 49.8 Å². The number of aromatic nitrogens is 2. The van der Waals surface area contributed by atoms with Crippen LogP contribution >= 0.6 is 0 Å². The van der Waals surface area contributed by atoms with Gasteiger partial charge in [-0.15, -0.1) is 0 Å². The summed E-state index contributed by atoms with van der Waals surface area (Å²) < 4.78 is 50.5. The first-order valence-electron chi connectivity index (χ1n) is 18.1. The molecule has 0 aliphatic carbocycles. The first-order chi connectivity index (χ1) is 26.3. The van der Waals surface area contributed by atoms with Gasteiger partial charge in [0.05, 0.1) is 18.8 Å². The molecule has 0 saturated carbocycles. The molecule has 2 heterocycles. The highest BCUT2D eigenvalue weighted by atomic mass is 19.4. The van der Waals surface area contributed by atoms with E-state index in [2.05, 4.69) is 20.2 Å². The van der Waals surface area contributed by atoms with Gasteiger partial charge in [-0.2, -0.15) is 23.1 Å². The van der Waals surface area contributed by atoms with E-state index in [9.17, 15) is 32.3 Å². The number of rotatable bonds is 17. The lowest BCUT2D eigenvalue weighted by Gasteiger charge is -2.32. The van der Waals surface area contributed by atoms with Crippen molar-refractivity contribution in [3.8, 4) is 22.9 Å². The molecule has 1 aliphatic rings. The molecule has 1 fully saturated rings. The van der Waals surface area contributed by atoms with Crippen LogP contribution in [0.3, 0.4) is 0 Å². The summed E-state index contributed by atoms with van der Waals surface area (Å²) >= 11 is 0. The number of aliphatic carboxylic acids is 2. The molecule has 298 valence electrons. The summed E-state index contributed by atoms with van der Waals surface area (Å²) in [4.78, 5) is 58.3. The number of nitrogens with zero attached hydrogens (tertiary/aromatic N) is 4. The zero-order valence-corrected chi connectivity index (χ0v) is 31.2. The number of alkyl halides is 3. The van der Waals surface area contributed by atoms with Gasteiger partial charge >= 0.3 is 18.1 Å². The number of halogens is 3. The number of unbranched alkanes of at least 4 members (excludes halogenated alkanes) is 1. The van der Waals surface area contributed by atoms with Crippen molar-refractivity contribution in [3.05, 3.63) is 78.1 Å². The summed E-state index contributed by atoms with van der Waals surface area (Å²) in [6.07, 6.45) is 2.34. The number of nitrogens with one attached hydrogen (secondary N) is 1. The largest absolute Gasteiger partial charge is 0.478 e. The molecule has 0 atom stereocenters. The Morgan fingerprint density at radius 3 is 2.00 bits per heavy atom. The van der Waals surface area contributed by atoms with Gasteiger partial charge in [-0.3, -0.25) is 9.59 Å². The van der Waals surface area contributed by atoms with E-state index in [1.54, 1.807) is 29.2 Å². The lowest BCUT2D eigenvalue weighted by Crippen LogP contribution is -2.45. The predicted octanol–water partition coefficient (Wildman–Crippen LogP) is 6.48. The van der Waals surface area contributed by atoms with Crippen LogP contribution in [0.15, 0.2) is 67.0 Å². The molecule has 2 aromatic carbocycles. The number of hydrogen-bond acceptors (Lipinski definition) is 9. The van der Waals surface area contributed by atoms with Crippen LogP contribution in [0.2, 0.25) is 0 Å². The van der Waals surface area contributed by atoms with Crippen LogP contribution in [0.1, 0.15) is 75.2 Å². The highest BCUT2D eigenvalue weighted by Crippen LogP contribution is 2.36. The number of carbonyl (C=O) groups excluding carboxylic acids is 2. The first kappa shape index (κ1) is 43.9. The summed E-state index contributed by atoms with van der Waals surface area (Å²) in [5.74, 6) is -2.10. The maximum absolute atomic E-state index is 13.4. The summed E-state index contributed by atoms with van der Waals surface area (Å²) in [5, 5.41) is 18.7.